The molecule has 0 saturated heterocycles. The minimum Gasteiger partial charge on any atom is -0.506 e. The number of aliphatic hydroxyl groups excluding tert-OH is 1. The van der Waals surface area contributed by atoms with Gasteiger partial charge in [0.25, 0.3) is 0 Å². The van der Waals surface area contributed by atoms with Crippen LogP contribution < -0.4 is 5.73 Å². The summed E-state index contributed by atoms with van der Waals surface area (Å²) in [5, 5.41) is 9.04. The summed E-state index contributed by atoms with van der Waals surface area (Å²) in [5.74, 6) is 0.00602. The van der Waals surface area contributed by atoms with Gasteiger partial charge in [-0.15, -0.1) is 0 Å². The highest BCUT2D eigenvalue weighted by Crippen LogP contribution is 1.95. The predicted octanol–water partition coefficient (Wildman–Crippen LogP) is 1.72. The van der Waals surface area contributed by atoms with Crippen LogP contribution in [0.4, 0.5) is 0 Å². The Labute approximate surface area is 73.5 Å². The van der Waals surface area contributed by atoms with Crippen LogP contribution >= 0.6 is 0 Å². The summed E-state index contributed by atoms with van der Waals surface area (Å²) in [6, 6.07) is 0. The highest BCUT2D eigenvalue weighted by molar-refractivity contribution is 5.17. The van der Waals surface area contributed by atoms with Gasteiger partial charge in [0.05, 0.1) is 12.3 Å². The standard InChI is InChI=1S/C9H17NO2/c1-3-4-6-12-7-5-9(11)8(2)10/h5,11H,2-4,6-7,10H2,1H3/b9-5+. The molecular weight excluding hydrogens is 154 g/mol. The molecule has 3 heteroatoms. The highest BCUT2D eigenvalue weighted by atomic mass is 16.5. The summed E-state index contributed by atoms with van der Waals surface area (Å²) < 4.78 is 5.16. The normalized spacial score (nSPS) is 11.6. The molecule has 0 aromatic rings. The summed E-state index contributed by atoms with van der Waals surface area (Å²) in [6.07, 6.45) is 3.66. The summed E-state index contributed by atoms with van der Waals surface area (Å²) in [5.41, 5.74) is 5.38. The summed E-state index contributed by atoms with van der Waals surface area (Å²) in [7, 11) is 0. The van der Waals surface area contributed by atoms with E-state index in [9.17, 15) is 0 Å². The van der Waals surface area contributed by atoms with E-state index < -0.39 is 0 Å². The fourth-order valence-corrected chi connectivity index (χ4v) is 0.599. The molecule has 0 aliphatic heterocycles. The van der Waals surface area contributed by atoms with E-state index in [0.717, 1.165) is 19.4 Å². The van der Waals surface area contributed by atoms with Crippen LogP contribution in [0.25, 0.3) is 0 Å². The molecule has 0 radical (unpaired) electrons. The molecule has 12 heavy (non-hydrogen) atoms. The van der Waals surface area contributed by atoms with Crippen molar-refractivity contribution < 1.29 is 9.84 Å². The third kappa shape index (κ3) is 5.80. The Morgan fingerprint density at radius 1 is 1.67 bits per heavy atom. The number of rotatable bonds is 6. The molecule has 0 aliphatic carbocycles. The third-order valence-electron chi connectivity index (χ3n) is 1.37. The molecule has 0 bridgehead atoms. The van der Waals surface area contributed by atoms with Gasteiger partial charge in [0.2, 0.25) is 0 Å². The second-order valence-corrected chi connectivity index (χ2v) is 2.54. The fourth-order valence-electron chi connectivity index (χ4n) is 0.599. The van der Waals surface area contributed by atoms with Crippen LogP contribution in [0, 0.1) is 0 Å². The molecule has 0 amide bonds. The lowest BCUT2D eigenvalue weighted by atomic mass is 10.3. The van der Waals surface area contributed by atoms with Gasteiger partial charge >= 0.3 is 0 Å². The van der Waals surface area contributed by atoms with Crippen LogP contribution in [0.1, 0.15) is 19.8 Å². The van der Waals surface area contributed by atoms with Crippen molar-refractivity contribution in [3.63, 3.8) is 0 Å². The maximum absolute atomic E-state index is 9.04. The van der Waals surface area contributed by atoms with Crippen molar-refractivity contribution >= 4 is 0 Å². The highest BCUT2D eigenvalue weighted by Gasteiger charge is 1.92. The van der Waals surface area contributed by atoms with Gasteiger partial charge in [-0.3, -0.25) is 0 Å². The molecule has 3 N–H and O–H groups in total. The SMILES string of the molecule is C=C(N)/C(O)=C\COCCCC. The predicted molar refractivity (Wildman–Crippen MR) is 49.8 cm³/mol. The van der Waals surface area contributed by atoms with Gasteiger partial charge in [-0.2, -0.15) is 0 Å². The van der Waals surface area contributed by atoms with Gasteiger partial charge < -0.3 is 15.6 Å². The van der Waals surface area contributed by atoms with Crippen molar-refractivity contribution in [3.05, 3.63) is 24.1 Å². The van der Waals surface area contributed by atoms with E-state index in [2.05, 4.69) is 13.5 Å². The van der Waals surface area contributed by atoms with Crippen molar-refractivity contribution in [2.75, 3.05) is 13.2 Å². The molecule has 0 aromatic heterocycles. The number of hydrogen-bond donors (Lipinski definition) is 2. The molecule has 70 valence electrons. The number of nitrogens with two attached hydrogens (primary N) is 1. The first-order chi connectivity index (χ1) is 5.68. The zero-order chi connectivity index (χ0) is 9.40. The van der Waals surface area contributed by atoms with Gasteiger partial charge in [-0.25, -0.2) is 0 Å². The van der Waals surface area contributed by atoms with Gasteiger partial charge in [0.15, 0.2) is 0 Å². The largest absolute Gasteiger partial charge is 0.506 e. The average Bonchev–Trinajstić information content (AvgIpc) is 2.03. The first-order valence-corrected chi connectivity index (χ1v) is 4.10. The second-order valence-electron chi connectivity index (χ2n) is 2.54. The lowest BCUT2D eigenvalue weighted by Gasteiger charge is -2.00. The number of hydrogen-bond acceptors (Lipinski definition) is 3. The molecule has 0 fully saturated rings. The number of unbranched alkanes of at least 4 members (excludes halogenated alkanes) is 1. The third-order valence-corrected chi connectivity index (χ3v) is 1.37. The van der Waals surface area contributed by atoms with E-state index in [4.69, 9.17) is 15.6 Å². The first-order valence-electron chi connectivity index (χ1n) is 4.10. The molecule has 0 aliphatic rings. The molecule has 0 rings (SSSR count). The van der Waals surface area contributed by atoms with Crippen molar-refractivity contribution in [1.29, 1.82) is 0 Å². The molecule has 0 unspecified atom stereocenters. The van der Waals surface area contributed by atoms with E-state index in [1.165, 1.54) is 6.08 Å². The molecule has 0 saturated carbocycles. The monoisotopic (exact) mass is 171 g/mol. The molecular formula is C9H17NO2. The number of ether oxygens (including phenoxy) is 1. The Morgan fingerprint density at radius 2 is 2.33 bits per heavy atom. The van der Waals surface area contributed by atoms with Crippen LogP contribution in [0.3, 0.4) is 0 Å². The van der Waals surface area contributed by atoms with Gasteiger partial charge in [0, 0.05) is 6.61 Å². The Morgan fingerprint density at radius 3 is 2.83 bits per heavy atom. The summed E-state index contributed by atoms with van der Waals surface area (Å²) in [4.78, 5) is 0. The zero-order valence-electron chi connectivity index (χ0n) is 7.55. The Kier molecular flexibility index (Phi) is 6.19. The van der Waals surface area contributed by atoms with E-state index in [-0.39, 0.29) is 11.5 Å². The van der Waals surface area contributed by atoms with E-state index >= 15 is 0 Å². The summed E-state index contributed by atoms with van der Waals surface area (Å²) >= 11 is 0. The van der Waals surface area contributed by atoms with Crippen LogP contribution in [-0.2, 0) is 4.74 Å². The number of aliphatic hydroxyl groups is 1. The Balaban J connectivity index is 3.40. The smallest absolute Gasteiger partial charge is 0.136 e. The van der Waals surface area contributed by atoms with E-state index in [1.807, 2.05) is 0 Å². The topological polar surface area (TPSA) is 55.5 Å². The fraction of sp³-hybridized carbons (Fsp3) is 0.556. The Bertz CT molecular complexity index is 164. The molecule has 0 aromatic carbocycles. The zero-order valence-corrected chi connectivity index (χ0v) is 7.55. The summed E-state index contributed by atoms with van der Waals surface area (Å²) in [6.45, 7) is 6.58. The van der Waals surface area contributed by atoms with Crippen LogP contribution in [0.15, 0.2) is 24.1 Å². The average molecular weight is 171 g/mol. The van der Waals surface area contributed by atoms with Crippen molar-refractivity contribution in [2.24, 2.45) is 5.73 Å². The van der Waals surface area contributed by atoms with Gasteiger partial charge in [-0.05, 0) is 12.5 Å². The van der Waals surface area contributed by atoms with Gasteiger partial charge in [-0.1, -0.05) is 19.9 Å². The molecule has 0 heterocycles. The van der Waals surface area contributed by atoms with E-state index in [0.29, 0.717) is 6.61 Å². The second kappa shape index (κ2) is 6.73. The molecule has 3 nitrogen and oxygen atoms in total. The van der Waals surface area contributed by atoms with E-state index in [1.54, 1.807) is 0 Å². The van der Waals surface area contributed by atoms with Gasteiger partial charge in [0.1, 0.15) is 5.76 Å². The van der Waals surface area contributed by atoms with Crippen molar-refractivity contribution in [3.8, 4) is 0 Å². The van der Waals surface area contributed by atoms with Crippen LogP contribution in [-0.4, -0.2) is 18.3 Å². The maximum Gasteiger partial charge on any atom is 0.136 e. The lowest BCUT2D eigenvalue weighted by Crippen LogP contribution is -2.01. The Hall–Kier alpha value is -0.960. The minimum atomic E-state index is 0.00602. The van der Waals surface area contributed by atoms with Crippen molar-refractivity contribution in [2.45, 2.75) is 19.8 Å². The quantitative estimate of drug-likeness (QED) is 0.363. The van der Waals surface area contributed by atoms with Crippen LogP contribution in [0.2, 0.25) is 0 Å². The first kappa shape index (κ1) is 11.0. The van der Waals surface area contributed by atoms with Crippen molar-refractivity contribution in [1.82, 2.24) is 0 Å². The molecule has 0 atom stereocenters. The lowest BCUT2D eigenvalue weighted by molar-refractivity contribution is 0.157. The van der Waals surface area contributed by atoms with Crippen LogP contribution in [0.5, 0.6) is 0 Å². The maximum atomic E-state index is 9.04. The minimum absolute atomic E-state index is 0.00602. The molecule has 0 spiro atoms.